The molecule has 0 aliphatic heterocycles. The van der Waals surface area contributed by atoms with Gasteiger partial charge in [0.05, 0.1) is 0 Å². The second-order valence-corrected chi connectivity index (χ2v) is 14.5. The van der Waals surface area contributed by atoms with E-state index >= 15 is 0 Å². The Labute approximate surface area is 192 Å². The Kier molecular flexibility index (Phi) is 4.98. The van der Waals surface area contributed by atoms with E-state index in [2.05, 4.69) is 54.5 Å². The zero-order valence-electron chi connectivity index (χ0n) is 21.7. The molecule has 1 nitrogen and oxygen atoms in total. The van der Waals surface area contributed by atoms with Gasteiger partial charge >= 0.3 is 0 Å². The second kappa shape index (κ2) is 6.86. The Morgan fingerprint density at radius 2 is 1.55 bits per heavy atom. The summed E-state index contributed by atoms with van der Waals surface area (Å²) in [5.41, 5.74) is 3.52. The second-order valence-electron chi connectivity index (χ2n) is 14.5. The van der Waals surface area contributed by atoms with Crippen molar-refractivity contribution >= 4 is 0 Å². The van der Waals surface area contributed by atoms with E-state index in [1.807, 2.05) is 0 Å². The van der Waals surface area contributed by atoms with Crippen molar-refractivity contribution in [3.05, 3.63) is 11.6 Å². The van der Waals surface area contributed by atoms with Crippen LogP contribution in [0.5, 0.6) is 0 Å². The van der Waals surface area contributed by atoms with Crippen LogP contribution in [0, 0.1) is 56.7 Å². The van der Waals surface area contributed by atoms with Crippen molar-refractivity contribution in [1.82, 2.24) is 0 Å². The Bertz CT molecular complexity index is 762. The van der Waals surface area contributed by atoms with Crippen molar-refractivity contribution in [1.29, 1.82) is 0 Å². The highest BCUT2D eigenvalue weighted by atomic mass is 16.3. The average Bonchev–Trinajstić information content (AvgIpc) is 3.07. The maximum Gasteiger partial charge on any atom is 0.0496 e. The average molecular weight is 427 g/mol. The molecule has 0 radical (unpaired) electrons. The van der Waals surface area contributed by atoms with Crippen LogP contribution >= 0.6 is 0 Å². The van der Waals surface area contributed by atoms with E-state index in [1.54, 1.807) is 5.57 Å². The third kappa shape index (κ3) is 2.65. The molecule has 0 saturated heterocycles. The number of aliphatic hydroxyl groups excluding tert-OH is 1. The molecule has 31 heavy (non-hydrogen) atoms. The highest BCUT2D eigenvalue weighted by molar-refractivity contribution is 5.30. The first-order valence-corrected chi connectivity index (χ1v) is 13.8. The minimum Gasteiger partial charge on any atom is -0.396 e. The highest BCUT2D eigenvalue weighted by Gasteiger charge is 2.70. The quantitative estimate of drug-likeness (QED) is 0.443. The molecule has 176 valence electrons. The molecule has 8 atom stereocenters. The van der Waals surface area contributed by atoms with Crippen molar-refractivity contribution in [2.75, 3.05) is 6.61 Å². The van der Waals surface area contributed by atoms with Crippen LogP contribution in [0.15, 0.2) is 11.6 Å². The predicted octanol–water partition coefficient (Wildman–Crippen LogP) is 8.03. The molecule has 0 heterocycles. The van der Waals surface area contributed by atoms with Gasteiger partial charge in [-0.2, -0.15) is 0 Å². The first-order chi connectivity index (χ1) is 14.5. The zero-order chi connectivity index (χ0) is 22.4. The molecule has 0 aromatic carbocycles. The van der Waals surface area contributed by atoms with E-state index in [4.69, 9.17) is 0 Å². The topological polar surface area (TPSA) is 20.2 Å². The zero-order valence-corrected chi connectivity index (χ0v) is 21.7. The van der Waals surface area contributed by atoms with E-state index in [-0.39, 0.29) is 5.41 Å². The summed E-state index contributed by atoms with van der Waals surface area (Å²) < 4.78 is 0. The summed E-state index contributed by atoms with van der Waals surface area (Å²) >= 11 is 0. The van der Waals surface area contributed by atoms with E-state index < -0.39 is 0 Å². The number of hydrogen-bond acceptors (Lipinski definition) is 1. The van der Waals surface area contributed by atoms with Gasteiger partial charge in [-0.1, -0.05) is 66.5 Å². The molecule has 4 fully saturated rings. The summed E-state index contributed by atoms with van der Waals surface area (Å²) in [6.45, 7) is 18.4. The minimum absolute atomic E-state index is 0.139. The Hall–Kier alpha value is -0.300. The van der Waals surface area contributed by atoms with Gasteiger partial charge in [-0.15, -0.1) is 0 Å². The third-order valence-electron chi connectivity index (χ3n) is 13.1. The van der Waals surface area contributed by atoms with Gasteiger partial charge in [-0.05, 0) is 109 Å². The van der Waals surface area contributed by atoms with Gasteiger partial charge in [0.2, 0.25) is 0 Å². The summed E-state index contributed by atoms with van der Waals surface area (Å²) in [7, 11) is 0. The van der Waals surface area contributed by atoms with E-state index in [9.17, 15) is 5.11 Å². The molecular formula is C30H50O. The maximum atomic E-state index is 11.1. The fourth-order valence-electron chi connectivity index (χ4n) is 11.3. The SMILES string of the molecule is CC(C)[C@H]1CC[C@@H]2[C@]1(C)CC[C@]1(C)[C@H]3CC=C4[C@@H](CCCC4(C)C)[C@]3(CO)CC[C@@]21C. The van der Waals surface area contributed by atoms with Gasteiger partial charge in [0.15, 0.2) is 0 Å². The van der Waals surface area contributed by atoms with Crippen LogP contribution in [-0.2, 0) is 0 Å². The van der Waals surface area contributed by atoms with Gasteiger partial charge in [0.25, 0.3) is 0 Å². The summed E-state index contributed by atoms with van der Waals surface area (Å²) in [6, 6.07) is 0. The van der Waals surface area contributed by atoms with E-state index in [0.29, 0.717) is 40.1 Å². The molecule has 0 bridgehead atoms. The Morgan fingerprint density at radius 3 is 2.23 bits per heavy atom. The summed E-state index contributed by atoms with van der Waals surface area (Å²) in [5.74, 6) is 3.87. The van der Waals surface area contributed by atoms with Crippen LogP contribution in [0.2, 0.25) is 0 Å². The molecule has 0 amide bonds. The molecule has 4 saturated carbocycles. The molecule has 1 N–H and O–H groups in total. The van der Waals surface area contributed by atoms with Crippen LogP contribution in [0.3, 0.4) is 0 Å². The Morgan fingerprint density at radius 1 is 0.871 bits per heavy atom. The summed E-state index contributed by atoms with van der Waals surface area (Å²) in [5, 5.41) is 11.1. The number of allylic oxidation sites excluding steroid dienone is 2. The van der Waals surface area contributed by atoms with Crippen molar-refractivity contribution < 1.29 is 5.11 Å². The molecule has 0 spiro atoms. The van der Waals surface area contributed by atoms with Gasteiger partial charge in [0, 0.05) is 12.0 Å². The lowest BCUT2D eigenvalue weighted by atomic mass is 9.33. The van der Waals surface area contributed by atoms with Crippen LogP contribution < -0.4 is 0 Å². The lowest BCUT2D eigenvalue weighted by Gasteiger charge is -2.71. The third-order valence-corrected chi connectivity index (χ3v) is 13.1. The minimum atomic E-state index is 0.139. The fourth-order valence-corrected chi connectivity index (χ4v) is 11.3. The molecular weight excluding hydrogens is 376 g/mol. The van der Waals surface area contributed by atoms with Gasteiger partial charge < -0.3 is 5.11 Å². The van der Waals surface area contributed by atoms with Crippen LogP contribution in [0.1, 0.15) is 113 Å². The van der Waals surface area contributed by atoms with Crippen molar-refractivity contribution in [2.45, 2.75) is 113 Å². The number of rotatable bonds is 2. The van der Waals surface area contributed by atoms with Crippen molar-refractivity contribution in [3.63, 3.8) is 0 Å². The summed E-state index contributed by atoms with van der Waals surface area (Å²) in [4.78, 5) is 0. The lowest BCUT2D eigenvalue weighted by Crippen LogP contribution is -2.65. The normalized spacial score (nSPS) is 53.3. The molecule has 0 aromatic rings. The predicted molar refractivity (Wildman–Crippen MR) is 131 cm³/mol. The van der Waals surface area contributed by atoms with Crippen LogP contribution in [0.4, 0.5) is 0 Å². The number of fused-ring (bicyclic) bond motifs is 7. The first kappa shape index (κ1) is 22.5. The molecule has 5 aliphatic carbocycles. The number of aliphatic hydroxyl groups is 1. The van der Waals surface area contributed by atoms with Gasteiger partial charge in [-0.25, -0.2) is 0 Å². The molecule has 0 unspecified atom stereocenters. The molecule has 1 heteroatoms. The monoisotopic (exact) mass is 426 g/mol. The van der Waals surface area contributed by atoms with Gasteiger partial charge in [-0.3, -0.25) is 0 Å². The van der Waals surface area contributed by atoms with E-state index in [0.717, 1.165) is 17.8 Å². The van der Waals surface area contributed by atoms with Crippen LogP contribution in [0.25, 0.3) is 0 Å². The summed E-state index contributed by atoms with van der Waals surface area (Å²) in [6.07, 6.45) is 16.2. The highest BCUT2D eigenvalue weighted by Crippen LogP contribution is 2.77. The smallest absolute Gasteiger partial charge is 0.0496 e. The van der Waals surface area contributed by atoms with Crippen molar-refractivity contribution in [2.24, 2.45) is 56.7 Å². The van der Waals surface area contributed by atoms with E-state index in [1.165, 1.54) is 64.2 Å². The standard InChI is InChI=1S/C30H50O/c1-20(2)21-10-12-24-27(21,5)15-16-29(7)25-13-11-22-23(9-8-14-26(22,3)4)30(25,19-31)18-17-28(24,29)6/h11,20-21,23-25,31H,8-10,12-19H2,1-7H3/t21-,23-,24-,25-,27-,28+,29-,30-/m1/s1. The van der Waals surface area contributed by atoms with Gasteiger partial charge in [0.1, 0.15) is 0 Å². The lowest BCUT2D eigenvalue weighted by molar-refractivity contribution is -0.224. The fraction of sp³-hybridized carbons (Fsp3) is 0.933. The maximum absolute atomic E-state index is 11.1. The molecule has 0 aromatic heterocycles. The largest absolute Gasteiger partial charge is 0.396 e. The molecule has 5 aliphatic rings. The Balaban J connectivity index is 1.57. The van der Waals surface area contributed by atoms with Crippen LogP contribution in [-0.4, -0.2) is 11.7 Å². The first-order valence-electron chi connectivity index (χ1n) is 13.8. The van der Waals surface area contributed by atoms with Crippen molar-refractivity contribution in [3.8, 4) is 0 Å². The molecule has 5 rings (SSSR count). The number of hydrogen-bond donors (Lipinski definition) is 1.